The maximum Gasteiger partial charge on any atom is 0.235 e. The minimum Gasteiger partial charge on any atom is -0.492 e. The van der Waals surface area contributed by atoms with Crippen LogP contribution in [0.3, 0.4) is 0 Å². The Labute approximate surface area is 166 Å². The van der Waals surface area contributed by atoms with Gasteiger partial charge in [0.2, 0.25) is 16.7 Å². The molecule has 0 amide bonds. The van der Waals surface area contributed by atoms with Crippen LogP contribution in [0.15, 0.2) is 53.1 Å². The first kappa shape index (κ1) is 17.4. The van der Waals surface area contributed by atoms with E-state index in [0.717, 1.165) is 31.1 Å². The molecule has 8 heteroatoms. The number of benzene rings is 1. The van der Waals surface area contributed by atoms with E-state index >= 15 is 0 Å². The lowest BCUT2D eigenvalue weighted by molar-refractivity contribution is -1.02. The summed E-state index contributed by atoms with van der Waals surface area (Å²) in [6.45, 7) is 4.39. The monoisotopic (exact) mass is 397 g/mol. The Morgan fingerprint density at radius 2 is 1.89 bits per heavy atom. The van der Waals surface area contributed by atoms with E-state index in [-0.39, 0.29) is 11.9 Å². The molecule has 0 radical (unpaired) electrons. The van der Waals surface area contributed by atoms with Crippen LogP contribution in [0.25, 0.3) is 16.5 Å². The average molecular weight is 398 g/mol. The third-order valence-electron chi connectivity index (χ3n) is 5.49. The highest BCUT2D eigenvalue weighted by Gasteiger charge is 2.35. The van der Waals surface area contributed by atoms with Gasteiger partial charge in [0.05, 0.1) is 13.3 Å². The predicted molar refractivity (Wildman–Crippen MR) is 106 cm³/mol. The molecule has 7 nitrogen and oxygen atoms in total. The van der Waals surface area contributed by atoms with Crippen molar-refractivity contribution < 1.29 is 19.3 Å². The number of hydrogen-bond acceptors (Lipinski definition) is 5. The van der Waals surface area contributed by atoms with Crippen molar-refractivity contribution in [3.63, 3.8) is 0 Å². The minimum absolute atomic E-state index is 0.0786. The standard InChI is InChI=1S/C20H21N5O2S/c1-23-9-11-24(12-10-23)16(14-6-3-2-4-7-14)17-19(26)25-20(28-17)21-18(22-25)15-8-5-13-27-15/h2-8,13,16,26H,9-12H2,1H3/p+2/t16-/m1/s1. The van der Waals surface area contributed by atoms with Crippen LogP contribution in [0.5, 0.6) is 5.88 Å². The lowest BCUT2D eigenvalue weighted by atomic mass is 10.0. The number of rotatable bonds is 4. The number of piperazine rings is 1. The van der Waals surface area contributed by atoms with Crippen LogP contribution >= 0.6 is 11.3 Å². The Balaban J connectivity index is 1.57. The maximum atomic E-state index is 11.0. The molecule has 0 aliphatic carbocycles. The highest BCUT2D eigenvalue weighted by atomic mass is 32.1. The lowest BCUT2D eigenvalue weighted by Gasteiger charge is -2.33. The highest BCUT2D eigenvalue weighted by Crippen LogP contribution is 2.35. The van der Waals surface area contributed by atoms with Crippen LogP contribution in [-0.4, -0.2) is 52.9 Å². The van der Waals surface area contributed by atoms with Gasteiger partial charge in [0.15, 0.2) is 11.8 Å². The third kappa shape index (κ3) is 2.99. The van der Waals surface area contributed by atoms with E-state index < -0.39 is 0 Å². The number of nitrogens with zero attached hydrogens (tertiary/aromatic N) is 3. The molecule has 1 atom stereocenters. The fraction of sp³-hybridized carbons (Fsp3) is 0.300. The van der Waals surface area contributed by atoms with Gasteiger partial charge in [-0.3, -0.25) is 0 Å². The summed E-state index contributed by atoms with van der Waals surface area (Å²) < 4.78 is 6.93. The molecule has 3 aromatic heterocycles. The molecule has 4 aromatic rings. The summed E-state index contributed by atoms with van der Waals surface area (Å²) in [7, 11) is 2.24. The first-order valence-corrected chi connectivity index (χ1v) is 10.4. The van der Waals surface area contributed by atoms with Crippen molar-refractivity contribution in [2.45, 2.75) is 6.04 Å². The molecule has 1 aliphatic heterocycles. The Morgan fingerprint density at radius 1 is 1.11 bits per heavy atom. The molecule has 0 saturated carbocycles. The molecular weight excluding hydrogens is 374 g/mol. The van der Waals surface area contributed by atoms with Crippen molar-refractivity contribution in [1.82, 2.24) is 14.6 Å². The minimum atomic E-state index is 0.0786. The third-order valence-corrected chi connectivity index (χ3v) is 6.58. The number of thiazole rings is 1. The van der Waals surface area contributed by atoms with Gasteiger partial charge in [-0.2, -0.15) is 9.50 Å². The number of hydrogen-bond donors (Lipinski definition) is 3. The molecule has 4 heterocycles. The fourth-order valence-corrected chi connectivity index (χ4v) is 5.09. The second kappa shape index (κ2) is 7.05. The van der Waals surface area contributed by atoms with Crippen LogP contribution in [0, 0.1) is 0 Å². The summed E-state index contributed by atoms with van der Waals surface area (Å²) in [5.74, 6) is 1.27. The summed E-state index contributed by atoms with van der Waals surface area (Å²) in [4.78, 5) is 9.21. The number of furan rings is 1. The number of aromatic hydroxyl groups is 1. The predicted octanol–water partition coefficient (Wildman–Crippen LogP) is 0.259. The van der Waals surface area contributed by atoms with Gasteiger partial charge in [0.1, 0.15) is 31.1 Å². The summed E-state index contributed by atoms with van der Waals surface area (Å²) >= 11 is 1.51. The quantitative estimate of drug-likeness (QED) is 0.462. The van der Waals surface area contributed by atoms with Crippen molar-refractivity contribution in [2.75, 3.05) is 33.2 Å². The molecular formula is C20H23N5O2S+2. The summed E-state index contributed by atoms with van der Waals surface area (Å²) in [5.41, 5.74) is 1.21. The Bertz CT molecular complexity index is 1070. The first-order chi connectivity index (χ1) is 13.7. The van der Waals surface area contributed by atoms with Gasteiger partial charge in [-0.05, 0) is 12.1 Å². The van der Waals surface area contributed by atoms with E-state index in [1.54, 1.807) is 17.2 Å². The largest absolute Gasteiger partial charge is 0.492 e. The van der Waals surface area contributed by atoms with Gasteiger partial charge >= 0.3 is 0 Å². The zero-order chi connectivity index (χ0) is 19.1. The SMILES string of the molecule is C[NH+]1CC[NH+]([C@H](c2ccccc2)c2sc3nc(-c4ccco4)nn3c2O)CC1. The van der Waals surface area contributed by atoms with Crippen LogP contribution in [0.2, 0.25) is 0 Å². The molecule has 144 valence electrons. The highest BCUT2D eigenvalue weighted by molar-refractivity contribution is 7.17. The molecule has 0 bridgehead atoms. The molecule has 28 heavy (non-hydrogen) atoms. The number of quaternary nitrogens is 2. The van der Waals surface area contributed by atoms with E-state index in [1.807, 2.05) is 12.1 Å². The Kier molecular flexibility index (Phi) is 4.38. The molecule has 1 aromatic carbocycles. The van der Waals surface area contributed by atoms with Crippen LogP contribution < -0.4 is 9.80 Å². The van der Waals surface area contributed by atoms with Gasteiger partial charge in [-0.15, -0.1) is 5.10 Å². The van der Waals surface area contributed by atoms with E-state index in [0.29, 0.717) is 16.5 Å². The number of likely N-dealkylation sites (N-methyl/N-ethyl adjacent to an activating group) is 1. The van der Waals surface area contributed by atoms with Crippen LogP contribution in [-0.2, 0) is 0 Å². The Morgan fingerprint density at radius 3 is 2.57 bits per heavy atom. The molecule has 0 spiro atoms. The summed E-state index contributed by atoms with van der Waals surface area (Å²) in [5, 5.41) is 15.5. The summed E-state index contributed by atoms with van der Waals surface area (Å²) in [6.07, 6.45) is 1.60. The zero-order valence-corrected chi connectivity index (χ0v) is 16.4. The number of nitrogens with one attached hydrogen (secondary N) is 2. The van der Waals surface area contributed by atoms with Gasteiger partial charge in [0, 0.05) is 5.56 Å². The second-order valence-corrected chi connectivity index (χ2v) is 8.37. The van der Waals surface area contributed by atoms with Crippen molar-refractivity contribution in [3.05, 3.63) is 59.2 Å². The maximum absolute atomic E-state index is 11.0. The molecule has 1 aliphatic rings. The molecule has 3 N–H and O–H groups in total. The van der Waals surface area contributed by atoms with E-state index in [1.165, 1.54) is 26.3 Å². The van der Waals surface area contributed by atoms with Crippen molar-refractivity contribution >= 4 is 16.3 Å². The fourth-order valence-electron chi connectivity index (χ4n) is 3.95. The smallest absolute Gasteiger partial charge is 0.235 e. The zero-order valence-electron chi connectivity index (χ0n) is 15.6. The molecule has 5 rings (SSSR count). The Hall–Kier alpha value is -2.68. The summed E-state index contributed by atoms with van der Waals surface area (Å²) in [6, 6.07) is 14.1. The normalized spacial score (nSPS) is 21.2. The van der Waals surface area contributed by atoms with Gasteiger partial charge in [0.25, 0.3) is 0 Å². The number of fused-ring (bicyclic) bond motifs is 1. The van der Waals surface area contributed by atoms with Gasteiger partial charge in [-0.1, -0.05) is 41.7 Å². The van der Waals surface area contributed by atoms with E-state index in [4.69, 9.17) is 4.42 Å². The lowest BCUT2D eigenvalue weighted by Crippen LogP contribution is -3.27. The van der Waals surface area contributed by atoms with E-state index in [9.17, 15) is 5.11 Å². The molecule has 1 saturated heterocycles. The van der Waals surface area contributed by atoms with Crippen LogP contribution in [0.1, 0.15) is 16.5 Å². The van der Waals surface area contributed by atoms with Crippen molar-refractivity contribution in [3.8, 4) is 17.5 Å². The van der Waals surface area contributed by atoms with Crippen molar-refractivity contribution in [1.29, 1.82) is 0 Å². The molecule has 1 fully saturated rings. The average Bonchev–Trinajstić information content (AvgIpc) is 3.43. The van der Waals surface area contributed by atoms with Gasteiger partial charge in [-0.25, -0.2) is 0 Å². The van der Waals surface area contributed by atoms with Crippen LogP contribution in [0.4, 0.5) is 0 Å². The molecule has 0 unspecified atom stereocenters. The van der Waals surface area contributed by atoms with Crippen molar-refractivity contribution in [2.24, 2.45) is 0 Å². The topological polar surface area (TPSA) is 72.4 Å². The number of aromatic nitrogens is 3. The van der Waals surface area contributed by atoms with Gasteiger partial charge < -0.3 is 19.3 Å². The first-order valence-electron chi connectivity index (χ1n) is 9.54. The second-order valence-electron chi connectivity index (χ2n) is 7.36. The van der Waals surface area contributed by atoms with E-state index in [2.05, 4.69) is 41.4 Å².